The van der Waals surface area contributed by atoms with Crippen LogP contribution in [0.5, 0.6) is 5.75 Å². The van der Waals surface area contributed by atoms with Crippen LogP contribution in [0.3, 0.4) is 0 Å². The molecule has 2 aromatic carbocycles. The lowest BCUT2D eigenvalue weighted by Gasteiger charge is -2.20. The molecule has 3 aromatic rings. The van der Waals surface area contributed by atoms with Crippen molar-refractivity contribution in [3.05, 3.63) is 60.5 Å². The number of benzene rings is 2. The summed E-state index contributed by atoms with van der Waals surface area (Å²) in [4.78, 5) is 18.5. The number of carbonyl (C=O) groups is 1. The molecule has 7 heteroatoms. The van der Waals surface area contributed by atoms with Crippen molar-refractivity contribution in [3.63, 3.8) is 0 Å². The zero-order valence-electron chi connectivity index (χ0n) is 14.7. The molecule has 134 valence electrons. The summed E-state index contributed by atoms with van der Waals surface area (Å²) in [6.07, 6.45) is 0. The molecule has 0 saturated heterocycles. The summed E-state index contributed by atoms with van der Waals surface area (Å²) in [5.74, 6) is 1.48. The fourth-order valence-corrected chi connectivity index (χ4v) is 2.46. The number of aromatic nitrogens is 2. The average molecular weight is 352 g/mol. The van der Waals surface area contributed by atoms with Crippen LogP contribution in [0, 0.1) is 0 Å². The van der Waals surface area contributed by atoms with E-state index in [-0.39, 0.29) is 12.6 Å². The standard InChI is InChI=1S/C19H20N4O3/c1-3-23(19(24)20-15-11-7-8-12-16(15)25-2)13-17-21-18(22-26-17)14-9-5-4-6-10-14/h4-12H,3,13H2,1-2H3,(H,20,24). The van der Waals surface area contributed by atoms with Gasteiger partial charge in [0, 0.05) is 12.1 Å². The van der Waals surface area contributed by atoms with E-state index in [4.69, 9.17) is 9.26 Å². The van der Waals surface area contributed by atoms with Crippen LogP contribution in [-0.2, 0) is 6.54 Å². The predicted molar refractivity (Wildman–Crippen MR) is 97.8 cm³/mol. The van der Waals surface area contributed by atoms with E-state index in [0.29, 0.717) is 29.7 Å². The molecule has 0 unspecified atom stereocenters. The number of urea groups is 1. The number of nitrogens with one attached hydrogen (secondary N) is 1. The summed E-state index contributed by atoms with van der Waals surface area (Å²) >= 11 is 0. The molecule has 0 fully saturated rings. The van der Waals surface area contributed by atoms with Crippen molar-refractivity contribution in [3.8, 4) is 17.1 Å². The van der Waals surface area contributed by atoms with Crippen molar-refractivity contribution in [2.24, 2.45) is 0 Å². The van der Waals surface area contributed by atoms with E-state index in [1.807, 2.05) is 49.4 Å². The molecule has 3 rings (SSSR count). The van der Waals surface area contributed by atoms with Crippen molar-refractivity contribution in [2.75, 3.05) is 19.0 Å². The minimum absolute atomic E-state index is 0.220. The molecule has 0 saturated carbocycles. The molecule has 0 spiro atoms. The minimum Gasteiger partial charge on any atom is -0.495 e. The Balaban J connectivity index is 1.69. The largest absolute Gasteiger partial charge is 0.495 e. The molecule has 0 radical (unpaired) electrons. The predicted octanol–water partition coefficient (Wildman–Crippen LogP) is 3.80. The second-order valence-electron chi connectivity index (χ2n) is 5.52. The SMILES string of the molecule is CCN(Cc1nc(-c2ccccc2)no1)C(=O)Nc1ccccc1OC. The zero-order valence-corrected chi connectivity index (χ0v) is 14.7. The van der Waals surface area contributed by atoms with Gasteiger partial charge in [-0.1, -0.05) is 47.6 Å². The first kappa shape index (κ1) is 17.5. The van der Waals surface area contributed by atoms with Gasteiger partial charge in [-0.05, 0) is 19.1 Å². The van der Waals surface area contributed by atoms with Crippen molar-refractivity contribution < 1.29 is 14.1 Å². The second-order valence-corrected chi connectivity index (χ2v) is 5.52. The number of hydrogen-bond donors (Lipinski definition) is 1. The van der Waals surface area contributed by atoms with Crippen molar-refractivity contribution in [1.82, 2.24) is 15.0 Å². The topological polar surface area (TPSA) is 80.5 Å². The third-order valence-corrected chi connectivity index (χ3v) is 3.84. The molecule has 1 aromatic heterocycles. The second kappa shape index (κ2) is 8.15. The monoisotopic (exact) mass is 352 g/mol. The van der Waals surface area contributed by atoms with Gasteiger partial charge in [-0.15, -0.1) is 0 Å². The molecule has 7 nitrogen and oxygen atoms in total. The Bertz CT molecular complexity index is 864. The van der Waals surface area contributed by atoms with E-state index < -0.39 is 0 Å². The van der Waals surface area contributed by atoms with Gasteiger partial charge >= 0.3 is 6.03 Å². The number of anilines is 1. The van der Waals surface area contributed by atoms with Gasteiger partial charge in [0.25, 0.3) is 0 Å². The molecular weight excluding hydrogens is 332 g/mol. The number of ether oxygens (including phenoxy) is 1. The molecule has 0 atom stereocenters. The van der Waals surface area contributed by atoms with Crippen LogP contribution in [-0.4, -0.2) is 34.7 Å². The Hall–Kier alpha value is -3.35. The fraction of sp³-hybridized carbons (Fsp3) is 0.211. The number of para-hydroxylation sites is 2. The number of carbonyl (C=O) groups excluding carboxylic acids is 1. The zero-order chi connectivity index (χ0) is 18.4. The number of nitrogens with zero attached hydrogens (tertiary/aromatic N) is 3. The highest BCUT2D eigenvalue weighted by Gasteiger charge is 2.18. The summed E-state index contributed by atoms with van der Waals surface area (Å²) in [6.45, 7) is 2.59. The maximum atomic E-state index is 12.6. The van der Waals surface area contributed by atoms with Crippen LogP contribution in [0.25, 0.3) is 11.4 Å². The van der Waals surface area contributed by atoms with Crippen LogP contribution in [0.15, 0.2) is 59.1 Å². The number of amides is 2. The van der Waals surface area contributed by atoms with E-state index in [0.717, 1.165) is 5.56 Å². The lowest BCUT2D eigenvalue weighted by molar-refractivity contribution is 0.203. The first-order valence-electron chi connectivity index (χ1n) is 8.28. The van der Waals surface area contributed by atoms with Gasteiger partial charge in [0.1, 0.15) is 12.3 Å². The van der Waals surface area contributed by atoms with Gasteiger partial charge in [0.15, 0.2) is 0 Å². The highest BCUT2D eigenvalue weighted by atomic mass is 16.5. The van der Waals surface area contributed by atoms with E-state index in [1.165, 1.54) is 0 Å². The number of rotatable bonds is 6. The van der Waals surface area contributed by atoms with Crippen LogP contribution in [0.1, 0.15) is 12.8 Å². The summed E-state index contributed by atoms with van der Waals surface area (Å²) in [5.41, 5.74) is 1.47. The molecule has 0 aliphatic rings. The molecule has 0 aliphatic heterocycles. The minimum atomic E-state index is -0.267. The van der Waals surface area contributed by atoms with Crippen molar-refractivity contribution in [2.45, 2.75) is 13.5 Å². The summed E-state index contributed by atoms with van der Waals surface area (Å²) < 4.78 is 10.5. The van der Waals surface area contributed by atoms with Gasteiger partial charge < -0.3 is 19.5 Å². The van der Waals surface area contributed by atoms with Crippen LogP contribution in [0.4, 0.5) is 10.5 Å². The average Bonchev–Trinajstić information content (AvgIpc) is 3.16. The molecule has 2 amide bonds. The van der Waals surface area contributed by atoms with E-state index in [1.54, 1.807) is 24.1 Å². The van der Waals surface area contributed by atoms with Crippen molar-refractivity contribution >= 4 is 11.7 Å². The maximum Gasteiger partial charge on any atom is 0.322 e. The molecule has 1 heterocycles. The van der Waals surface area contributed by atoms with Gasteiger partial charge in [-0.25, -0.2) is 4.79 Å². The quantitative estimate of drug-likeness (QED) is 0.730. The Morgan fingerprint density at radius 2 is 1.88 bits per heavy atom. The lowest BCUT2D eigenvalue weighted by Crippen LogP contribution is -2.34. The third-order valence-electron chi connectivity index (χ3n) is 3.84. The molecule has 0 aliphatic carbocycles. The van der Waals surface area contributed by atoms with E-state index in [2.05, 4.69) is 15.5 Å². The van der Waals surface area contributed by atoms with Gasteiger partial charge in [-0.2, -0.15) is 4.98 Å². The number of hydrogen-bond acceptors (Lipinski definition) is 5. The fourth-order valence-electron chi connectivity index (χ4n) is 2.46. The van der Waals surface area contributed by atoms with Gasteiger partial charge in [0.2, 0.25) is 11.7 Å². The Labute approximate surface area is 151 Å². The summed E-state index contributed by atoms with van der Waals surface area (Å²) in [6, 6.07) is 16.5. The number of methoxy groups -OCH3 is 1. The normalized spacial score (nSPS) is 10.4. The molecule has 1 N–H and O–H groups in total. The summed E-state index contributed by atoms with van der Waals surface area (Å²) in [5, 5.41) is 6.82. The first-order valence-corrected chi connectivity index (χ1v) is 8.28. The summed E-state index contributed by atoms with van der Waals surface area (Å²) in [7, 11) is 1.56. The van der Waals surface area contributed by atoms with Crippen LogP contribution >= 0.6 is 0 Å². The van der Waals surface area contributed by atoms with Crippen LogP contribution < -0.4 is 10.1 Å². The lowest BCUT2D eigenvalue weighted by atomic mass is 10.2. The molecule has 0 bridgehead atoms. The van der Waals surface area contributed by atoms with E-state index >= 15 is 0 Å². The maximum absolute atomic E-state index is 12.6. The third kappa shape index (κ3) is 4.00. The smallest absolute Gasteiger partial charge is 0.322 e. The Kier molecular flexibility index (Phi) is 5.48. The van der Waals surface area contributed by atoms with E-state index in [9.17, 15) is 4.79 Å². The van der Waals surface area contributed by atoms with Gasteiger partial charge in [0.05, 0.1) is 12.8 Å². The molecular formula is C19H20N4O3. The Morgan fingerprint density at radius 3 is 2.62 bits per heavy atom. The van der Waals surface area contributed by atoms with Gasteiger partial charge in [-0.3, -0.25) is 0 Å². The highest BCUT2D eigenvalue weighted by molar-refractivity contribution is 5.90. The molecule has 26 heavy (non-hydrogen) atoms. The van der Waals surface area contributed by atoms with Crippen LogP contribution in [0.2, 0.25) is 0 Å². The Morgan fingerprint density at radius 1 is 1.15 bits per heavy atom. The van der Waals surface area contributed by atoms with Crippen molar-refractivity contribution in [1.29, 1.82) is 0 Å². The first-order chi connectivity index (χ1) is 12.7. The highest BCUT2D eigenvalue weighted by Crippen LogP contribution is 2.23.